The summed E-state index contributed by atoms with van der Waals surface area (Å²) in [4.78, 5) is 24.6. The summed E-state index contributed by atoms with van der Waals surface area (Å²) in [7, 11) is 0. The number of carbonyl (C=O) groups is 2. The average molecular weight is 224 g/mol. The summed E-state index contributed by atoms with van der Waals surface area (Å²) < 4.78 is 0. The molecular formula is C10H12N2O2S. The molecule has 1 aromatic heterocycles. The van der Waals surface area contributed by atoms with Crippen molar-refractivity contribution in [3.63, 3.8) is 0 Å². The maximum Gasteiger partial charge on any atom is 0.246 e. The molecule has 4 nitrogen and oxygen atoms in total. The van der Waals surface area contributed by atoms with E-state index in [0.29, 0.717) is 6.54 Å². The first kappa shape index (κ1) is 10.3. The number of hydrogen-bond donors (Lipinski definition) is 1. The fourth-order valence-corrected chi connectivity index (χ4v) is 2.17. The maximum absolute atomic E-state index is 11.7. The van der Waals surface area contributed by atoms with Crippen molar-refractivity contribution < 1.29 is 9.59 Å². The molecule has 0 saturated carbocycles. The van der Waals surface area contributed by atoms with E-state index < -0.39 is 0 Å². The zero-order chi connectivity index (χ0) is 10.8. The lowest BCUT2D eigenvalue weighted by Gasteiger charge is -2.29. The van der Waals surface area contributed by atoms with Gasteiger partial charge in [0.1, 0.15) is 0 Å². The van der Waals surface area contributed by atoms with Crippen LogP contribution >= 0.6 is 11.3 Å². The van der Waals surface area contributed by atoms with Crippen LogP contribution < -0.4 is 5.32 Å². The summed E-state index contributed by atoms with van der Waals surface area (Å²) in [6.45, 7) is 2.42. The standard InChI is InChI=1S/C10H12N2O2S/c1-7-10(14)12(9(13)4-11-7)5-8-2-3-15-6-8/h2-3,6-7,11H,4-5H2,1H3. The molecule has 2 rings (SSSR count). The van der Waals surface area contributed by atoms with Crippen LogP contribution in [-0.4, -0.2) is 29.3 Å². The molecule has 1 aromatic rings. The smallest absolute Gasteiger partial charge is 0.246 e. The fourth-order valence-electron chi connectivity index (χ4n) is 1.51. The predicted molar refractivity (Wildman–Crippen MR) is 57.3 cm³/mol. The molecule has 1 fully saturated rings. The number of hydrogen-bond acceptors (Lipinski definition) is 4. The van der Waals surface area contributed by atoms with E-state index in [9.17, 15) is 9.59 Å². The van der Waals surface area contributed by atoms with Crippen molar-refractivity contribution >= 4 is 23.2 Å². The summed E-state index contributed by atoms with van der Waals surface area (Å²) in [5, 5.41) is 6.74. The first-order valence-corrected chi connectivity index (χ1v) is 5.71. The second-order valence-electron chi connectivity index (χ2n) is 3.55. The molecule has 0 radical (unpaired) electrons. The molecule has 5 heteroatoms. The van der Waals surface area contributed by atoms with Gasteiger partial charge in [-0.15, -0.1) is 0 Å². The molecule has 0 aliphatic carbocycles. The Kier molecular flexibility index (Phi) is 2.83. The summed E-state index contributed by atoms with van der Waals surface area (Å²) in [5.74, 6) is -0.290. The van der Waals surface area contributed by atoms with Gasteiger partial charge in [-0.1, -0.05) is 0 Å². The first-order chi connectivity index (χ1) is 7.18. The van der Waals surface area contributed by atoms with Crippen LogP contribution in [0.4, 0.5) is 0 Å². The first-order valence-electron chi connectivity index (χ1n) is 4.77. The largest absolute Gasteiger partial charge is 0.298 e. The van der Waals surface area contributed by atoms with Gasteiger partial charge in [0.2, 0.25) is 11.8 Å². The summed E-state index contributed by atoms with van der Waals surface area (Å²) >= 11 is 1.57. The number of nitrogens with zero attached hydrogens (tertiary/aromatic N) is 1. The number of carbonyl (C=O) groups excluding carboxylic acids is 2. The minimum absolute atomic E-state index is 0.141. The molecule has 1 unspecified atom stereocenters. The molecule has 1 saturated heterocycles. The summed E-state index contributed by atoms with van der Waals surface area (Å²) in [6, 6.07) is 1.67. The maximum atomic E-state index is 11.7. The third-order valence-corrected chi connectivity index (χ3v) is 3.15. The minimum atomic E-state index is -0.263. The molecule has 0 aromatic carbocycles. The molecule has 2 heterocycles. The van der Waals surface area contributed by atoms with Gasteiger partial charge in [-0.2, -0.15) is 11.3 Å². The van der Waals surface area contributed by atoms with Crippen LogP contribution in [0, 0.1) is 0 Å². The summed E-state index contributed by atoms with van der Waals surface area (Å²) in [5.41, 5.74) is 1.01. The highest BCUT2D eigenvalue weighted by Crippen LogP contribution is 2.12. The third kappa shape index (κ3) is 2.08. The van der Waals surface area contributed by atoms with Crippen molar-refractivity contribution in [2.45, 2.75) is 19.5 Å². The van der Waals surface area contributed by atoms with Crippen molar-refractivity contribution in [2.75, 3.05) is 6.54 Å². The van der Waals surface area contributed by atoms with E-state index in [1.807, 2.05) is 16.8 Å². The van der Waals surface area contributed by atoms with Crippen LogP contribution in [0.25, 0.3) is 0 Å². The van der Waals surface area contributed by atoms with Gasteiger partial charge in [-0.05, 0) is 29.3 Å². The van der Waals surface area contributed by atoms with Gasteiger partial charge >= 0.3 is 0 Å². The zero-order valence-corrected chi connectivity index (χ0v) is 9.21. The van der Waals surface area contributed by atoms with Crippen LogP contribution in [-0.2, 0) is 16.1 Å². The number of piperazine rings is 1. The molecule has 1 N–H and O–H groups in total. The minimum Gasteiger partial charge on any atom is -0.298 e. The average Bonchev–Trinajstić information content (AvgIpc) is 2.71. The highest BCUT2D eigenvalue weighted by atomic mass is 32.1. The zero-order valence-electron chi connectivity index (χ0n) is 8.40. The fraction of sp³-hybridized carbons (Fsp3) is 0.400. The Bertz CT molecular complexity index is 375. The van der Waals surface area contributed by atoms with Gasteiger partial charge in [-0.3, -0.25) is 19.8 Å². The van der Waals surface area contributed by atoms with Gasteiger partial charge in [-0.25, -0.2) is 0 Å². The van der Waals surface area contributed by atoms with E-state index in [4.69, 9.17) is 0 Å². The molecule has 1 aliphatic heterocycles. The lowest BCUT2D eigenvalue weighted by atomic mass is 10.2. The van der Waals surface area contributed by atoms with Gasteiger partial charge in [0.05, 0.1) is 19.1 Å². The second kappa shape index (κ2) is 4.12. The normalized spacial score (nSPS) is 22.2. The highest BCUT2D eigenvalue weighted by molar-refractivity contribution is 7.07. The van der Waals surface area contributed by atoms with Crippen LogP contribution in [0.1, 0.15) is 12.5 Å². The van der Waals surface area contributed by atoms with Gasteiger partial charge < -0.3 is 0 Å². The Morgan fingerprint density at radius 3 is 3.07 bits per heavy atom. The van der Waals surface area contributed by atoms with Crippen molar-refractivity contribution in [1.82, 2.24) is 10.2 Å². The Balaban J connectivity index is 2.12. The van der Waals surface area contributed by atoms with Crippen LogP contribution in [0.2, 0.25) is 0 Å². The Hall–Kier alpha value is -1.20. The topological polar surface area (TPSA) is 49.4 Å². The van der Waals surface area contributed by atoms with E-state index in [0.717, 1.165) is 5.56 Å². The number of imide groups is 1. The molecule has 2 amide bonds. The van der Waals surface area contributed by atoms with Crippen LogP contribution in [0.3, 0.4) is 0 Å². The van der Waals surface area contributed by atoms with Gasteiger partial charge in [0.25, 0.3) is 0 Å². The molecule has 0 spiro atoms. The van der Waals surface area contributed by atoms with Crippen molar-refractivity contribution in [1.29, 1.82) is 0 Å². The Morgan fingerprint density at radius 1 is 1.60 bits per heavy atom. The van der Waals surface area contributed by atoms with Crippen LogP contribution in [0.15, 0.2) is 16.8 Å². The molecule has 1 aliphatic rings. The lowest BCUT2D eigenvalue weighted by molar-refractivity contribution is -0.149. The highest BCUT2D eigenvalue weighted by Gasteiger charge is 2.30. The molecule has 80 valence electrons. The van der Waals surface area contributed by atoms with E-state index in [-0.39, 0.29) is 24.4 Å². The SMILES string of the molecule is CC1NCC(=O)N(Cc2ccsc2)C1=O. The predicted octanol–water partition coefficient (Wildman–Crippen LogP) is 0.595. The molecule has 0 bridgehead atoms. The molecule has 1 atom stereocenters. The van der Waals surface area contributed by atoms with E-state index in [1.165, 1.54) is 4.90 Å². The number of rotatable bonds is 2. The summed E-state index contributed by atoms with van der Waals surface area (Å²) in [6.07, 6.45) is 0. The van der Waals surface area contributed by atoms with Crippen molar-refractivity contribution in [2.24, 2.45) is 0 Å². The lowest BCUT2D eigenvalue weighted by Crippen LogP contribution is -2.56. The monoisotopic (exact) mass is 224 g/mol. The third-order valence-electron chi connectivity index (χ3n) is 2.42. The second-order valence-corrected chi connectivity index (χ2v) is 4.33. The van der Waals surface area contributed by atoms with Crippen molar-refractivity contribution in [3.05, 3.63) is 22.4 Å². The quantitative estimate of drug-likeness (QED) is 0.748. The van der Waals surface area contributed by atoms with Gasteiger partial charge in [0, 0.05) is 0 Å². The number of amides is 2. The van der Waals surface area contributed by atoms with E-state index >= 15 is 0 Å². The number of nitrogens with one attached hydrogen (secondary N) is 1. The van der Waals surface area contributed by atoms with E-state index in [1.54, 1.807) is 18.3 Å². The van der Waals surface area contributed by atoms with Crippen molar-refractivity contribution in [3.8, 4) is 0 Å². The Labute approximate surface area is 91.9 Å². The molecular weight excluding hydrogens is 212 g/mol. The molecule has 15 heavy (non-hydrogen) atoms. The van der Waals surface area contributed by atoms with Gasteiger partial charge in [0.15, 0.2) is 0 Å². The number of thiophene rings is 1. The van der Waals surface area contributed by atoms with E-state index in [2.05, 4.69) is 5.32 Å². The van der Waals surface area contributed by atoms with Crippen LogP contribution in [0.5, 0.6) is 0 Å². The Morgan fingerprint density at radius 2 is 2.40 bits per heavy atom.